The van der Waals surface area contributed by atoms with Gasteiger partial charge in [-0.15, -0.1) is 0 Å². The lowest BCUT2D eigenvalue weighted by Crippen LogP contribution is -2.30. The number of aromatic hydroxyl groups is 1. The highest BCUT2D eigenvalue weighted by Gasteiger charge is 2.19. The Morgan fingerprint density at radius 1 is 1.20 bits per heavy atom. The summed E-state index contributed by atoms with van der Waals surface area (Å²) in [6.45, 7) is 1.52. The molecule has 0 radical (unpaired) electrons. The van der Waals surface area contributed by atoms with E-state index in [-0.39, 0.29) is 12.2 Å². The zero-order chi connectivity index (χ0) is 17.8. The van der Waals surface area contributed by atoms with Crippen molar-refractivity contribution in [2.75, 3.05) is 5.32 Å². The van der Waals surface area contributed by atoms with Crippen molar-refractivity contribution in [3.8, 4) is 5.75 Å². The first-order chi connectivity index (χ1) is 12.0. The minimum absolute atomic E-state index is 0.0271. The molecule has 0 saturated carbocycles. The lowest BCUT2D eigenvalue weighted by Gasteiger charge is -2.13. The number of benzene rings is 2. The monoisotopic (exact) mass is 339 g/mol. The number of carbonyl (C=O) groups excluding carboxylic acids is 2. The number of ether oxygens (including phenoxy) is 1. The van der Waals surface area contributed by atoms with E-state index >= 15 is 0 Å². The van der Waals surface area contributed by atoms with Crippen LogP contribution in [-0.4, -0.2) is 23.1 Å². The lowest BCUT2D eigenvalue weighted by atomic mass is 10.1. The molecule has 2 aromatic carbocycles. The molecule has 0 aliphatic rings. The topological polar surface area (TPSA) is 88.8 Å². The average molecular weight is 339 g/mol. The van der Waals surface area contributed by atoms with Gasteiger partial charge in [0.1, 0.15) is 11.3 Å². The molecule has 0 bridgehead atoms. The highest BCUT2D eigenvalue weighted by Crippen LogP contribution is 2.25. The van der Waals surface area contributed by atoms with Crippen LogP contribution in [0.1, 0.15) is 12.5 Å². The van der Waals surface area contributed by atoms with Crippen LogP contribution in [0.3, 0.4) is 0 Å². The molecule has 3 rings (SSSR count). The third-order valence-electron chi connectivity index (χ3n) is 3.69. The fraction of sp³-hybridized carbons (Fsp3) is 0.158. The molecule has 1 aromatic heterocycles. The third-order valence-corrected chi connectivity index (χ3v) is 3.69. The van der Waals surface area contributed by atoms with Crippen LogP contribution in [0.2, 0.25) is 0 Å². The van der Waals surface area contributed by atoms with Crippen LogP contribution < -0.4 is 5.32 Å². The number of nitrogens with one attached hydrogen (secondary N) is 1. The molecule has 1 atom stereocenters. The molecule has 3 aromatic rings. The molecule has 128 valence electrons. The molecule has 0 spiro atoms. The van der Waals surface area contributed by atoms with Crippen LogP contribution in [0.4, 0.5) is 5.69 Å². The first kappa shape index (κ1) is 16.6. The van der Waals surface area contributed by atoms with Crippen molar-refractivity contribution in [2.45, 2.75) is 19.4 Å². The minimum atomic E-state index is -0.921. The van der Waals surface area contributed by atoms with E-state index in [1.165, 1.54) is 25.3 Å². The number of hydrogen-bond donors (Lipinski definition) is 2. The Morgan fingerprint density at radius 3 is 2.72 bits per heavy atom. The molecule has 0 unspecified atom stereocenters. The number of phenols is 1. The van der Waals surface area contributed by atoms with Crippen molar-refractivity contribution in [1.82, 2.24) is 0 Å². The molecule has 1 amide bonds. The second-order valence-corrected chi connectivity index (χ2v) is 5.61. The summed E-state index contributed by atoms with van der Waals surface area (Å²) in [6, 6.07) is 13.6. The molecule has 0 aliphatic heterocycles. The first-order valence-electron chi connectivity index (χ1n) is 7.77. The van der Waals surface area contributed by atoms with Crippen molar-refractivity contribution < 1.29 is 23.8 Å². The zero-order valence-corrected chi connectivity index (χ0v) is 13.6. The second-order valence-electron chi connectivity index (χ2n) is 5.61. The number of esters is 1. The van der Waals surface area contributed by atoms with Crippen LogP contribution in [0.25, 0.3) is 11.0 Å². The fourth-order valence-corrected chi connectivity index (χ4v) is 2.42. The number of hydrogen-bond acceptors (Lipinski definition) is 5. The van der Waals surface area contributed by atoms with Gasteiger partial charge in [-0.2, -0.15) is 0 Å². The van der Waals surface area contributed by atoms with Crippen LogP contribution in [-0.2, 0) is 20.7 Å². The van der Waals surface area contributed by atoms with E-state index in [0.717, 1.165) is 5.39 Å². The van der Waals surface area contributed by atoms with Gasteiger partial charge < -0.3 is 19.6 Å². The van der Waals surface area contributed by atoms with Crippen molar-refractivity contribution in [1.29, 1.82) is 0 Å². The maximum atomic E-state index is 12.1. The summed E-state index contributed by atoms with van der Waals surface area (Å²) >= 11 is 0. The Labute approximate surface area is 144 Å². The summed E-state index contributed by atoms with van der Waals surface area (Å²) in [7, 11) is 0. The zero-order valence-electron chi connectivity index (χ0n) is 13.6. The number of amides is 1. The highest BCUT2D eigenvalue weighted by molar-refractivity contribution is 5.95. The SMILES string of the molecule is C[C@H](OC(=O)Cc1coc2cc(O)ccc12)C(=O)Nc1ccccc1. The van der Waals surface area contributed by atoms with Gasteiger partial charge in [-0.1, -0.05) is 18.2 Å². The van der Waals surface area contributed by atoms with Gasteiger partial charge >= 0.3 is 5.97 Å². The summed E-state index contributed by atoms with van der Waals surface area (Å²) < 4.78 is 10.5. The Balaban J connectivity index is 1.60. The molecule has 0 saturated heterocycles. The molecular weight excluding hydrogens is 322 g/mol. The van der Waals surface area contributed by atoms with E-state index in [1.807, 2.05) is 6.07 Å². The van der Waals surface area contributed by atoms with E-state index in [4.69, 9.17) is 9.15 Å². The van der Waals surface area contributed by atoms with Gasteiger partial charge in [0.2, 0.25) is 0 Å². The summed E-state index contributed by atoms with van der Waals surface area (Å²) in [5.41, 5.74) is 1.75. The molecule has 1 heterocycles. The lowest BCUT2D eigenvalue weighted by molar-refractivity contribution is -0.152. The average Bonchev–Trinajstić information content (AvgIpc) is 2.97. The molecule has 6 heteroatoms. The fourth-order valence-electron chi connectivity index (χ4n) is 2.42. The molecule has 6 nitrogen and oxygen atoms in total. The van der Waals surface area contributed by atoms with Gasteiger partial charge in [0.15, 0.2) is 6.10 Å². The number of phenolic OH excluding ortho intramolecular Hbond substituents is 1. The first-order valence-corrected chi connectivity index (χ1v) is 7.77. The maximum Gasteiger partial charge on any atom is 0.311 e. The van der Waals surface area contributed by atoms with Gasteiger partial charge in [0.05, 0.1) is 12.7 Å². The summed E-state index contributed by atoms with van der Waals surface area (Å²) in [5, 5.41) is 12.8. The molecular formula is C19H17NO5. The smallest absolute Gasteiger partial charge is 0.311 e. The summed E-state index contributed by atoms with van der Waals surface area (Å²) in [5.74, 6) is -0.852. The van der Waals surface area contributed by atoms with E-state index < -0.39 is 18.0 Å². The van der Waals surface area contributed by atoms with E-state index in [9.17, 15) is 14.7 Å². The minimum Gasteiger partial charge on any atom is -0.508 e. The number of fused-ring (bicyclic) bond motifs is 1. The molecule has 25 heavy (non-hydrogen) atoms. The van der Waals surface area contributed by atoms with Gasteiger partial charge in [0.25, 0.3) is 5.91 Å². The number of carbonyl (C=O) groups is 2. The quantitative estimate of drug-likeness (QED) is 0.697. The Kier molecular flexibility index (Phi) is 4.70. The third kappa shape index (κ3) is 3.98. The van der Waals surface area contributed by atoms with Crippen LogP contribution >= 0.6 is 0 Å². The number of furan rings is 1. The predicted octanol–water partition coefficient (Wildman–Crippen LogP) is 3.25. The van der Waals surface area contributed by atoms with E-state index in [0.29, 0.717) is 16.8 Å². The summed E-state index contributed by atoms with van der Waals surface area (Å²) in [6.07, 6.45) is 0.496. The summed E-state index contributed by atoms with van der Waals surface area (Å²) in [4.78, 5) is 24.2. The number of rotatable bonds is 5. The number of para-hydroxylation sites is 1. The van der Waals surface area contributed by atoms with Crippen LogP contribution in [0.5, 0.6) is 5.75 Å². The number of anilines is 1. The van der Waals surface area contributed by atoms with Gasteiger partial charge in [-0.05, 0) is 31.2 Å². The Bertz CT molecular complexity index is 901. The van der Waals surface area contributed by atoms with Crippen molar-refractivity contribution >= 4 is 28.5 Å². The van der Waals surface area contributed by atoms with E-state index in [2.05, 4.69) is 5.32 Å². The van der Waals surface area contributed by atoms with Crippen LogP contribution in [0.15, 0.2) is 59.2 Å². The Hall–Kier alpha value is -3.28. The molecule has 2 N–H and O–H groups in total. The van der Waals surface area contributed by atoms with Crippen molar-refractivity contribution in [2.24, 2.45) is 0 Å². The van der Waals surface area contributed by atoms with Gasteiger partial charge in [-0.25, -0.2) is 0 Å². The largest absolute Gasteiger partial charge is 0.508 e. The second kappa shape index (κ2) is 7.09. The maximum absolute atomic E-state index is 12.1. The predicted molar refractivity (Wildman–Crippen MR) is 92.2 cm³/mol. The van der Waals surface area contributed by atoms with Crippen molar-refractivity contribution in [3.63, 3.8) is 0 Å². The standard InChI is InChI=1S/C19H17NO5/c1-12(19(23)20-14-5-3-2-4-6-14)25-18(22)9-13-11-24-17-10-15(21)7-8-16(13)17/h2-8,10-12,21H,9H2,1H3,(H,20,23)/t12-/m0/s1. The molecule has 0 fully saturated rings. The van der Waals surface area contributed by atoms with Gasteiger partial charge in [-0.3, -0.25) is 9.59 Å². The van der Waals surface area contributed by atoms with Crippen LogP contribution in [0, 0.1) is 0 Å². The normalized spacial score (nSPS) is 11.9. The Morgan fingerprint density at radius 2 is 1.96 bits per heavy atom. The van der Waals surface area contributed by atoms with Gasteiger partial charge in [0, 0.05) is 22.7 Å². The molecule has 0 aliphatic carbocycles. The highest BCUT2D eigenvalue weighted by atomic mass is 16.5. The van der Waals surface area contributed by atoms with E-state index in [1.54, 1.807) is 30.3 Å². The van der Waals surface area contributed by atoms with Crippen molar-refractivity contribution in [3.05, 3.63) is 60.4 Å².